The van der Waals surface area contributed by atoms with E-state index in [1.54, 1.807) is 24.2 Å². The monoisotopic (exact) mass is 225 g/mol. The molecule has 0 unspecified atom stereocenters. The Balaban J connectivity index is 0.000000245. The maximum Gasteiger partial charge on any atom is 0.206 e. The molecule has 0 aliphatic heterocycles. The van der Waals surface area contributed by atoms with Crippen molar-refractivity contribution in [2.75, 3.05) is 7.05 Å². The summed E-state index contributed by atoms with van der Waals surface area (Å²) in [5.74, 6) is 0. The summed E-state index contributed by atoms with van der Waals surface area (Å²) in [6, 6.07) is 0. The van der Waals surface area contributed by atoms with Gasteiger partial charge in [0, 0.05) is 12.4 Å². The van der Waals surface area contributed by atoms with E-state index in [1.165, 1.54) is 11.5 Å². The number of nitrogens with one attached hydrogen (secondary N) is 1. The lowest BCUT2D eigenvalue weighted by atomic mass is 10.4. The van der Waals surface area contributed by atoms with Crippen molar-refractivity contribution in [2.45, 2.75) is 6.92 Å². The molecule has 7 heteroatoms. The SMILES string of the molecule is CNC=O.Cc1nscc1-n1nccn1. The highest BCUT2D eigenvalue weighted by atomic mass is 32.1. The van der Waals surface area contributed by atoms with Crippen molar-refractivity contribution in [3.63, 3.8) is 0 Å². The number of aromatic nitrogens is 4. The lowest BCUT2D eigenvalue weighted by molar-refractivity contribution is -0.109. The van der Waals surface area contributed by atoms with Gasteiger partial charge < -0.3 is 5.32 Å². The quantitative estimate of drug-likeness (QED) is 0.751. The number of hydrogen-bond donors (Lipinski definition) is 1. The molecule has 0 radical (unpaired) electrons. The highest BCUT2D eigenvalue weighted by molar-refractivity contribution is 7.04. The zero-order valence-corrected chi connectivity index (χ0v) is 9.23. The van der Waals surface area contributed by atoms with Crippen molar-refractivity contribution in [3.05, 3.63) is 23.5 Å². The van der Waals surface area contributed by atoms with Gasteiger partial charge in [0.05, 0.1) is 18.1 Å². The van der Waals surface area contributed by atoms with Gasteiger partial charge in [-0.3, -0.25) is 4.79 Å². The molecule has 80 valence electrons. The van der Waals surface area contributed by atoms with Crippen LogP contribution in [0.3, 0.4) is 0 Å². The maximum atomic E-state index is 9.06. The Hall–Kier alpha value is -1.76. The first-order valence-electron chi connectivity index (χ1n) is 4.18. The minimum absolute atomic E-state index is 0.625. The Morgan fingerprint density at radius 1 is 1.47 bits per heavy atom. The van der Waals surface area contributed by atoms with E-state index in [1.807, 2.05) is 12.3 Å². The Morgan fingerprint density at radius 3 is 2.47 bits per heavy atom. The van der Waals surface area contributed by atoms with Crippen LogP contribution in [0.4, 0.5) is 0 Å². The van der Waals surface area contributed by atoms with Gasteiger partial charge in [0.25, 0.3) is 0 Å². The van der Waals surface area contributed by atoms with Crippen LogP contribution in [0.5, 0.6) is 0 Å². The van der Waals surface area contributed by atoms with E-state index < -0.39 is 0 Å². The van der Waals surface area contributed by atoms with Crippen LogP contribution in [0.2, 0.25) is 0 Å². The van der Waals surface area contributed by atoms with E-state index in [9.17, 15) is 0 Å². The molecule has 2 aromatic rings. The van der Waals surface area contributed by atoms with Gasteiger partial charge in [-0.15, -0.1) is 4.80 Å². The number of carbonyl (C=O) groups excluding carboxylic acids is 1. The van der Waals surface area contributed by atoms with Crippen LogP contribution in [0.25, 0.3) is 5.69 Å². The standard InChI is InChI=1S/C6H6N4S.C2H5NO/c1-5-6(4-11-9-5)10-7-2-3-8-10;1-3-2-4/h2-4H,1H3;2H,1H3,(H,3,4). The van der Waals surface area contributed by atoms with Crippen molar-refractivity contribution in [1.82, 2.24) is 24.7 Å². The van der Waals surface area contributed by atoms with E-state index in [-0.39, 0.29) is 0 Å². The maximum absolute atomic E-state index is 9.06. The number of rotatable bonds is 2. The molecular formula is C8H11N5OS. The van der Waals surface area contributed by atoms with Crippen molar-refractivity contribution >= 4 is 17.9 Å². The first-order chi connectivity index (χ1) is 7.29. The fourth-order valence-corrected chi connectivity index (χ4v) is 1.49. The normalized spacial score (nSPS) is 8.93. The first-order valence-corrected chi connectivity index (χ1v) is 5.01. The van der Waals surface area contributed by atoms with Gasteiger partial charge >= 0.3 is 0 Å². The Kier molecular flexibility index (Phi) is 4.42. The minimum Gasteiger partial charge on any atom is -0.362 e. The minimum atomic E-state index is 0.625. The van der Waals surface area contributed by atoms with Gasteiger partial charge in [0.1, 0.15) is 5.69 Å². The summed E-state index contributed by atoms with van der Waals surface area (Å²) in [6.07, 6.45) is 3.92. The summed E-state index contributed by atoms with van der Waals surface area (Å²) >= 11 is 1.41. The Bertz CT molecular complexity index is 397. The van der Waals surface area contributed by atoms with Crippen molar-refractivity contribution in [1.29, 1.82) is 0 Å². The number of carbonyl (C=O) groups is 1. The zero-order chi connectivity index (χ0) is 11.1. The van der Waals surface area contributed by atoms with Crippen LogP contribution in [0.1, 0.15) is 5.69 Å². The molecule has 1 amide bonds. The van der Waals surface area contributed by atoms with Crippen LogP contribution in [0.15, 0.2) is 17.8 Å². The summed E-state index contributed by atoms with van der Waals surface area (Å²) in [5, 5.41) is 12.2. The summed E-state index contributed by atoms with van der Waals surface area (Å²) in [4.78, 5) is 10.6. The van der Waals surface area contributed by atoms with E-state index in [0.717, 1.165) is 11.4 Å². The summed E-state index contributed by atoms with van der Waals surface area (Å²) < 4.78 is 4.11. The van der Waals surface area contributed by atoms with Gasteiger partial charge in [-0.1, -0.05) is 0 Å². The fraction of sp³-hybridized carbons (Fsp3) is 0.250. The number of amides is 1. The van der Waals surface area contributed by atoms with Crippen LogP contribution < -0.4 is 5.32 Å². The fourth-order valence-electron chi connectivity index (χ4n) is 0.819. The predicted molar refractivity (Wildman–Crippen MR) is 56.9 cm³/mol. The largest absolute Gasteiger partial charge is 0.362 e. The number of nitrogens with zero attached hydrogens (tertiary/aromatic N) is 4. The smallest absolute Gasteiger partial charge is 0.206 e. The van der Waals surface area contributed by atoms with Gasteiger partial charge in [0.2, 0.25) is 6.41 Å². The second-order valence-corrected chi connectivity index (χ2v) is 3.14. The molecule has 0 saturated heterocycles. The van der Waals surface area contributed by atoms with Crippen LogP contribution >= 0.6 is 11.5 Å². The van der Waals surface area contributed by atoms with Crippen molar-refractivity contribution < 1.29 is 4.79 Å². The molecule has 2 aromatic heterocycles. The van der Waals surface area contributed by atoms with Gasteiger partial charge in [0.15, 0.2) is 0 Å². The summed E-state index contributed by atoms with van der Waals surface area (Å²) in [5.41, 5.74) is 1.92. The first kappa shape index (κ1) is 11.3. The zero-order valence-electron chi connectivity index (χ0n) is 8.41. The average molecular weight is 225 g/mol. The second kappa shape index (κ2) is 5.86. The second-order valence-electron chi connectivity index (χ2n) is 2.51. The molecule has 0 spiro atoms. The van der Waals surface area contributed by atoms with Crippen molar-refractivity contribution in [3.8, 4) is 5.69 Å². The van der Waals surface area contributed by atoms with E-state index >= 15 is 0 Å². The Morgan fingerprint density at radius 2 is 2.07 bits per heavy atom. The van der Waals surface area contributed by atoms with E-state index in [0.29, 0.717) is 6.41 Å². The van der Waals surface area contributed by atoms with Crippen LogP contribution in [-0.4, -0.2) is 32.8 Å². The van der Waals surface area contributed by atoms with Crippen molar-refractivity contribution in [2.24, 2.45) is 0 Å². The molecule has 0 saturated carbocycles. The molecule has 2 heterocycles. The van der Waals surface area contributed by atoms with E-state index in [4.69, 9.17) is 4.79 Å². The lowest BCUT2D eigenvalue weighted by Gasteiger charge is -1.93. The molecule has 0 aliphatic rings. The van der Waals surface area contributed by atoms with Crippen LogP contribution in [-0.2, 0) is 4.79 Å². The van der Waals surface area contributed by atoms with Gasteiger partial charge in [-0.05, 0) is 18.5 Å². The third-order valence-corrected chi connectivity index (χ3v) is 2.18. The highest BCUT2D eigenvalue weighted by Gasteiger charge is 2.02. The molecule has 0 fully saturated rings. The third kappa shape index (κ3) is 3.13. The average Bonchev–Trinajstić information content (AvgIpc) is 2.88. The predicted octanol–water partition coefficient (Wildman–Crippen LogP) is 0.394. The van der Waals surface area contributed by atoms with Crippen LogP contribution in [0, 0.1) is 6.92 Å². The highest BCUT2D eigenvalue weighted by Crippen LogP contribution is 2.11. The third-order valence-electron chi connectivity index (χ3n) is 1.48. The molecule has 0 aliphatic carbocycles. The van der Waals surface area contributed by atoms with Gasteiger partial charge in [-0.2, -0.15) is 14.6 Å². The molecule has 0 bridgehead atoms. The molecule has 6 nitrogen and oxygen atoms in total. The number of hydrogen-bond acceptors (Lipinski definition) is 5. The molecule has 0 aromatic carbocycles. The molecule has 0 atom stereocenters. The van der Waals surface area contributed by atoms with E-state index in [2.05, 4.69) is 19.9 Å². The molecule has 2 rings (SSSR count). The number of aryl methyl sites for hydroxylation is 1. The summed E-state index contributed by atoms with van der Waals surface area (Å²) in [6.45, 7) is 1.94. The van der Waals surface area contributed by atoms with Gasteiger partial charge in [-0.25, -0.2) is 0 Å². The lowest BCUT2D eigenvalue weighted by Crippen LogP contribution is -1.98. The summed E-state index contributed by atoms with van der Waals surface area (Å²) in [7, 11) is 1.56. The Labute approximate surface area is 91.1 Å². The molecular weight excluding hydrogens is 214 g/mol. The molecule has 15 heavy (non-hydrogen) atoms. The molecule has 1 N–H and O–H groups in total. The topological polar surface area (TPSA) is 72.7 Å².